The van der Waals surface area contributed by atoms with Crippen LogP contribution in [0.15, 0.2) is 30.5 Å². The van der Waals surface area contributed by atoms with E-state index in [1.165, 1.54) is 10.6 Å². The van der Waals surface area contributed by atoms with Crippen LogP contribution in [0.5, 0.6) is 0 Å². The lowest BCUT2D eigenvalue weighted by Crippen LogP contribution is -2.07. The van der Waals surface area contributed by atoms with Crippen molar-refractivity contribution in [1.29, 1.82) is 0 Å². The van der Waals surface area contributed by atoms with Crippen molar-refractivity contribution >= 4 is 28.6 Å². The minimum Gasteiger partial charge on any atom is -0.477 e. The zero-order chi connectivity index (χ0) is 12.6. The predicted octanol–water partition coefficient (Wildman–Crippen LogP) is 3.23. The first-order valence-corrected chi connectivity index (χ1v) is 5.95. The van der Waals surface area contributed by atoms with Crippen LogP contribution in [0, 0.1) is 16.3 Å². The van der Waals surface area contributed by atoms with Crippen LogP contribution in [-0.2, 0) is 0 Å². The minimum atomic E-state index is -1.03. The van der Waals surface area contributed by atoms with Crippen LogP contribution in [0.2, 0.25) is 0 Å². The maximum atomic E-state index is 13.4. The standard InChI is InChI=1S/C12H9FINO2/c1-7-9(13)3-2-4-10(7)15-6-8(14)5-11(15)12(16)17/h2-6H,1H3,(H,16,17). The van der Waals surface area contributed by atoms with Gasteiger partial charge in [-0.2, -0.15) is 0 Å². The summed E-state index contributed by atoms with van der Waals surface area (Å²) in [7, 11) is 0. The van der Waals surface area contributed by atoms with Crippen molar-refractivity contribution in [2.24, 2.45) is 0 Å². The Bertz CT molecular complexity index is 592. The number of carbonyl (C=O) groups is 1. The summed E-state index contributed by atoms with van der Waals surface area (Å²) in [6.45, 7) is 1.63. The van der Waals surface area contributed by atoms with Gasteiger partial charge in [-0.25, -0.2) is 9.18 Å². The highest BCUT2D eigenvalue weighted by molar-refractivity contribution is 14.1. The molecule has 2 aromatic rings. The molecule has 0 radical (unpaired) electrons. The number of rotatable bonds is 2. The smallest absolute Gasteiger partial charge is 0.352 e. The molecule has 0 aliphatic rings. The SMILES string of the molecule is Cc1c(F)cccc1-n1cc(I)cc1C(=O)O. The molecule has 88 valence electrons. The second kappa shape index (κ2) is 4.48. The van der Waals surface area contributed by atoms with Gasteiger partial charge in [0.2, 0.25) is 0 Å². The third-order valence-electron chi connectivity index (χ3n) is 2.50. The maximum absolute atomic E-state index is 13.4. The van der Waals surface area contributed by atoms with Gasteiger partial charge in [-0.1, -0.05) is 6.07 Å². The summed E-state index contributed by atoms with van der Waals surface area (Å²) in [5.74, 6) is -1.38. The number of aromatic carboxylic acids is 1. The minimum absolute atomic E-state index is 0.128. The number of hydrogen-bond acceptors (Lipinski definition) is 1. The fraction of sp³-hybridized carbons (Fsp3) is 0.0833. The zero-order valence-corrected chi connectivity index (χ0v) is 11.1. The lowest BCUT2D eigenvalue weighted by atomic mass is 10.2. The van der Waals surface area contributed by atoms with E-state index in [0.717, 1.165) is 3.57 Å². The molecule has 5 heteroatoms. The first-order chi connectivity index (χ1) is 8.00. The molecular formula is C12H9FINO2. The fourth-order valence-corrected chi connectivity index (χ4v) is 2.22. The monoisotopic (exact) mass is 345 g/mol. The van der Waals surface area contributed by atoms with E-state index in [0.29, 0.717) is 11.3 Å². The Morgan fingerprint density at radius 2 is 2.18 bits per heavy atom. The van der Waals surface area contributed by atoms with Gasteiger partial charge < -0.3 is 9.67 Å². The van der Waals surface area contributed by atoms with Gasteiger partial charge >= 0.3 is 5.97 Å². The zero-order valence-electron chi connectivity index (χ0n) is 8.95. The number of benzene rings is 1. The molecule has 0 unspecified atom stereocenters. The number of carboxylic acids is 1. The van der Waals surface area contributed by atoms with Crippen LogP contribution in [-0.4, -0.2) is 15.6 Å². The molecule has 0 amide bonds. The van der Waals surface area contributed by atoms with Crippen LogP contribution >= 0.6 is 22.6 Å². The van der Waals surface area contributed by atoms with Crippen LogP contribution in [0.25, 0.3) is 5.69 Å². The molecule has 0 bridgehead atoms. The first kappa shape index (κ1) is 12.1. The number of carboxylic acid groups (broad SMARTS) is 1. The summed E-state index contributed by atoms with van der Waals surface area (Å²) in [6, 6.07) is 6.16. The van der Waals surface area contributed by atoms with Gasteiger partial charge in [0.1, 0.15) is 11.5 Å². The van der Waals surface area contributed by atoms with Crippen LogP contribution in [0.4, 0.5) is 4.39 Å². The number of hydrogen-bond donors (Lipinski definition) is 1. The summed E-state index contributed by atoms with van der Waals surface area (Å²) in [5.41, 5.74) is 1.11. The fourth-order valence-electron chi connectivity index (χ4n) is 1.65. The Balaban J connectivity index is 2.68. The van der Waals surface area contributed by atoms with Crippen molar-refractivity contribution < 1.29 is 14.3 Å². The van der Waals surface area contributed by atoms with Gasteiger partial charge in [0.25, 0.3) is 0 Å². The molecule has 2 rings (SSSR count). The van der Waals surface area contributed by atoms with Crippen LogP contribution < -0.4 is 0 Å². The lowest BCUT2D eigenvalue weighted by Gasteiger charge is -2.10. The molecule has 17 heavy (non-hydrogen) atoms. The molecule has 0 fully saturated rings. The van der Waals surface area contributed by atoms with Gasteiger partial charge in [0.05, 0.1) is 5.69 Å². The largest absolute Gasteiger partial charge is 0.477 e. The molecule has 0 saturated heterocycles. The highest BCUT2D eigenvalue weighted by Gasteiger charge is 2.15. The van der Waals surface area contributed by atoms with Gasteiger partial charge in [-0.15, -0.1) is 0 Å². The van der Waals surface area contributed by atoms with E-state index in [1.807, 2.05) is 22.6 Å². The van der Waals surface area contributed by atoms with E-state index in [4.69, 9.17) is 5.11 Å². The Hall–Kier alpha value is -1.37. The highest BCUT2D eigenvalue weighted by Crippen LogP contribution is 2.22. The van der Waals surface area contributed by atoms with E-state index in [-0.39, 0.29) is 11.5 Å². The average molecular weight is 345 g/mol. The van der Waals surface area contributed by atoms with E-state index < -0.39 is 5.97 Å². The van der Waals surface area contributed by atoms with Crippen molar-refractivity contribution in [3.05, 3.63) is 51.1 Å². The van der Waals surface area contributed by atoms with Gasteiger partial charge in [-0.05, 0) is 47.7 Å². The normalized spacial score (nSPS) is 10.5. The van der Waals surface area contributed by atoms with Crippen molar-refractivity contribution in [1.82, 2.24) is 4.57 Å². The van der Waals surface area contributed by atoms with Gasteiger partial charge in [0.15, 0.2) is 0 Å². The van der Waals surface area contributed by atoms with Crippen molar-refractivity contribution in [3.63, 3.8) is 0 Å². The van der Waals surface area contributed by atoms with Crippen molar-refractivity contribution in [3.8, 4) is 5.69 Å². The Morgan fingerprint density at radius 1 is 1.47 bits per heavy atom. The Labute approximate surface area is 111 Å². The van der Waals surface area contributed by atoms with E-state index in [9.17, 15) is 9.18 Å². The molecule has 0 aliphatic heterocycles. The van der Waals surface area contributed by atoms with Crippen molar-refractivity contribution in [2.75, 3.05) is 0 Å². The molecule has 0 spiro atoms. The maximum Gasteiger partial charge on any atom is 0.352 e. The summed E-state index contributed by atoms with van der Waals surface area (Å²) < 4.78 is 15.7. The molecule has 0 saturated carbocycles. The third kappa shape index (κ3) is 2.19. The molecule has 0 aliphatic carbocycles. The van der Waals surface area contributed by atoms with Crippen LogP contribution in [0.3, 0.4) is 0 Å². The molecule has 3 nitrogen and oxygen atoms in total. The van der Waals surface area contributed by atoms with Crippen molar-refractivity contribution in [2.45, 2.75) is 6.92 Å². The molecule has 1 heterocycles. The molecule has 0 atom stereocenters. The Kier molecular flexibility index (Phi) is 3.19. The summed E-state index contributed by atoms with van der Waals surface area (Å²) in [5, 5.41) is 9.08. The predicted molar refractivity (Wildman–Crippen MR) is 70.1 cm³/mol. The summed E-state index contributed by atoms with van der Waals surface area (Å²) in [4.78, 5) is 11.1. The molecule has 1 aromatic heterocycles. The van der Waals surface area contributed by atoms with E-state index in [1.54, 1.807) is 31.3 Å². The quantitative estimate of drug-likeness (QED) is 0.850. The number of aromatic nitrogens is 1. The first-order valence-electron chi connectivity index (χ1n) is 4.87. The topological polar surface area (TPSA) is 42.2 Å². The summed E-state index contributed by atoms with van der Waals surface area (Å²) in [6.07, 6.45) is 1.67. The average Bonchev–Trinajstić information content (AvgIpc) is 2.64. The molecule has 1 aromatic carbocycles. The second-order valence-corrected chi connectivity index (χ2v) is 4.85. The van der Waals surface area contributed by atoms with Crippen LogP contribution in [0.1, 0.15) is 16.1 Å². The highest BCUT2D eigenvalue weighted by atomic mass is 127. The van der Waals surface area contributed by atoms with E-state index >= 15 is 0 Å². The Morgan fingerprint density at radius 3 is 2.82 bits per heavy atom. The number of halogens is 2. The molecule has 1 N–H and O–H groups in total. The second-order valence-electron chi connectivity index (χ2n) is 3.60. The van der Waals surface area contributed by atoms with Gasteiger partial charge in [-0.3, -0.25) is 0 Å². The third-order valence-corrected chi connectivity index (χ3v) is 3.09. The molecular weight excluding hydrogens is 336 g/mol. The van der Waals surface area contributed by atoms with E-state index in [2.05, 4.69) is 0 Å². The van der Waals surface area contributed by atoms with Gasteiger partial charge in [0, 0.05) is 15.3 Å². The lowest BCUT2D eigenvalue weighted by molar-refractivity contribution is 0.0688. The number of nitrogens with zero attached hydrogens (tertiary/aromatic N) is 1. The summed E-state index contributed by atoms with van der Waals surface area (Å²) >= 11 is 2.03.